The van der Waals surface area contributed by atoms with Gasteiger partial charge in [-0.2, -0.15) is 0 Å². The first-order valence-electron chi connectivity index (χ1n) is 18.4. The molecule has 4 heteroatoms. The van der Waals surface area contributed by atoms with E-state index in [-0.39, 0.29) is 5.41 Å². The van der Waals surface area contributed by atoms with Crippen molar-refractivity contribution in [3.05, 3.63) is 175 Å². The smallest absolute Gasteiger partial charge is 0.167 e. The molecule has 10 aromatic rings. The highest BCUT2D eigenvalue weighted by Crippen LogP contribution is 2.52. The van der Waals surface area contributed by atoms with Crippen molar-refractivity contribution >= 4 is 43.5 Å². The van der Waals surface area contributed by atoms with E-state index in [2.05, 4.69) is 153 Å². The number of rotatable bonds is 4. The molecule has 0 radical (unpaired) electrons. The lowest BCUT2D eigenvalue weighted by atomic mass is 9.82. The molecule has 2 aromatic heterocycles. The van der Waals surface area contributed by atoms with Gasteiger partial charge in [-0.25, -0.2) is 15.0 Å². The molecule has 0 spiro atoms. The maximum absolute atomic E-state index is 6.50. The lowest BCUT2D eigenvalue weighted by Gasteiger charge is -2.21. The molecule has 0 bridgehead atoms. The number of aromatic nitrogens is 3. The molecular weight excluding hydrogens is 659 g/mol. The van der Waals surface area contributed by atoms with Gasteiger partial charge in [0.05, 0.1) is 5.56 Å². The van der Waals surface area contributed by atoms with Crippen LogP contribution >= 0.6 is 0 Å². The molecule has 2 heterocycles. The molecule has 0 saturated heterocycles. The Morgan fingerprint density at radius 3 is 1.87 bits per heavy atom. The number of benzene rings is 8. The van der Waals surface area contributed by atoms with Gasteiger partial charge in [-0.15, -0.1) is 0 Å². The molecule has 0 fully saturated rings. The molecule has 0 N–H and O–H groups in total. The van der Waals surface area contributed by atoms with Gasteiger partial charge in [0.2, 0.25) is 0 Å². The van der Waals surface area contributed by atoms with Crippen molar-refractivity contribution in [2.75, 3.05) is 0 Å². The maximum Gasteiger partial charge on any atom is 0.167 e. The average Bonchev–Trinajstić information content (AvgIpc) is 3.72. The Bertz CT molecular complexity index is 3140. The van der Waals surface area contributed by atoms with E-state index >= 15 is 0 Å². The number of hydrogen-bond acceptors (Lipinski definition) is 4. The van der Waals surface area contributed by atoms with Crippen LogP contribution in [0.2, 0.25) is 0 Å². The highest BCUT2D eigenvalue weighted by molar-refractivity contribution is 6.14. The van der Waals surface area contributed by atoms with Gasteiger partial charge < -0.3 is 4.42 Å². The largest absolute Gasteiger partial charge is 0.455 e. The summed E-state index contributed by atoms with van der Waals surface area (Å²) < 4.78 is 6.50. The molecule has 8 aromatic carbocycles. The van der Waals surface area contributed by atoms with Crippen molar-refractivity contribution in [3.63, 3.8) is 0 Å². The number of furan rings is 1. The number of para-hydroxylation sites is 2. The fourth-order valence-corrected chi connectivity index (χ4v) is 8.71. The summed E-state index contributed by atoms with van der Waals surface area (Å²) in [6.45, 7) is 4.65. The molecule has 0 unspecified atom stereocenters. The third-order valence-electron chi connectivity index (χ3n) is 11.4. The van der Waals surface area contributed by atoms with Crippen LogP contribution < -0.4 is 0 Å². The Morgan fingerprint density at radius 1 is 0.407 bits per heavy atom. The van der Waals surface area contributed by atoms with E-state index in [9.17, 15) is 0 Å². The van der Waals surface area contributed by atoms with Crippen molar-refractivity contribution in [2.45, 2.75) is 19.3 Å². The number of fused-ring (bicyclic) bond motifs is 9. The van der Waals surface area contributed by atoms with Crippen LogP contribution in [-0.2, 0) is 5.41 Å². The normalized spacial score (nSPS) is 13.1. The monoisotopic (exact) mass is 691 g/mol. The summed E-state index contributed by atoms with van der Waals surface area (Å²) in [6.07, 6.45) is 0. The van der Waals surface area contributed by atoms with Gasteiger partial charge in [0.15, 0.2) is 17.5 Å². The van der Waals surface area contributed by atoms with Gasteiger partial charge in [-0.1, -0.05) is 166 Å². The predicted octanol–water partition coefficient (Wildman–Crippen LogP) is 13.1. The van der Waals surface area contributed by atoms with Crippen LogP contribution in [-0.4, -0.2) is 15.0 Å². The van der Waals surface area contributed by atoms with E-state index in [1.165, 1.54) is 33.2 Å². The zero-order chi connectivity index (χ0) is 36.0. The zero-order valence-corrected chi connectivity index (χ0v) is 29.8. The van der Waals surface area contributed by atoms with E-state index in [1.54, 1.807) is 0 Å². The van der Waals surface area contributed by atoms with Crippen LogP contribution in [0.4, 0.5) is 0 Å². The van der Waals surface area contributed by atoms with Crippen molar-refractivity contribution in [1.29, 1.82) is 0 Å². The highest BCUT2D eigenvalue weighted by Gasteiger charge is 2.36. The van der Waals surface area contributed by atoms with Crippen LogP contribution in [0.3, 0.4) is 0 Å². The third kappa shape index (κ3) is 4.53. The highest BCUT2D eigenvalue weighted by atomic mass is 16.3. The molecule has 0 atom stereocenters. The van der Waals surface area contributed by atoms with Crippen LogP contribution in [0.25, 0.3) is 99.9 Å². The molecule has 11 rings (SSSR count). The summed E-state index contributed by atoms with van der Waals surface area (Å²) in [4.78, 5) is 15.7. The molecule has 0 amide bonds. The van der Waals surface area contributed by atoms with E-state index in [0.717, 1.165) is 60.4 Å². The molecule has 54 heavy (non-hydrogen) atoms. The van der Waals surface area contributed by atoms with E-state index in [1.807, 2.05) is 24.3 Å². The van der Waals surface area contributed by atoms with Crippen molar-refractivity contribution < 1.29 is 4.42 Å². The van der Waals surface area contributed by atoms with Gasteiger partial charge >= 0.3 is 0 Å². The SMILES string of the molecule is CC1(C)c2ccccc2-c2c(-c3ccc(-c4nc(-c5cccc6c5oc5ccccc56)nc(-c5cccc6ccc7ccccc7c56)n4)cc3)cccc21. The second-order valence-electron chi connectivity index (χ2n) is 14.8. The Morgan fingerprint density at radius 2 is 0.981 bits per heavy atom. The predicted molar refractivity (Wildman–Crippen MR) is 221 cm³/mol. The van der Waals surface area contributed by atoms with Gasteiger partial charge in [0.25, 0.3) is 0 Å². The van der Waals surface area contributed by atoms with Gasteiger partial charge in [0, 0.05) is 32.7 Å². The zero-order valence-electron chi connectivity index (χ0n) is 29.8. The number of nitrogens with zero attached hydrogens (tertiary/aromatic N) is 3. The fourth-order valence-electron chi connectivity index (χ4n) is 8.71. The summed E-state index contributed by atoms with van der Waals surface area (Å²) in [6, 6.07) is 57.8. The minimum atomic E-state index is -0.0603. The number of hydrogen-bond donors (Lipinski definition) is 0. The third-order valence-corrected chi connectivity index (χ3v) is 11.4. The van der Waals surface area contributed by atoms with E-state index < -0.39 is 0 Å². The molecule has 254 valence electrons. The lowest BCUT2D eigenvalue weighted by Crippen LogP contribution is -2.14. The van der Waals surface area contributed by atoms with Crippen LogP contribution in [0.1, 0.15) is 25.0 Å². The Balaban J connectivity index is 1.12. The first-order valence-corrected chi connectivity index (χ1v) is 18.4. The van der Waals surface area contributed by atoms with E-state index in [4.69, 9.17) is 19.4 Å². The summed E-state index contributed by atoms with van der Waals surface area (Å²) in [5, 5.41) is 6.70. The molecule has 0 saturated carbocycles. The summed E-state index contributed by atoms with van der Waals surface area (Å²) in [5.74, 6) is 1.80. The lowest BCUT2D eigenvalue weighted by molar-refractivity contribution is 0.660. The van der Waals surface area contributed by atoms with Crippen LogP contribution in [0.5, 0.6) is 0 Å². The second kappa shape index (κ2) is 11.5. The van der Waals surface area contributed by atoms with Crippen molar-refractivity contribution in [1.82, 2.24) is 15.0 Å². The Labute approximate surface area is 312 Å². The molecule has 0 aliphatic heterocycles. The van der Waals surface area contributed by atoms with Crippen molar-refractivity contribution in [3.8, 4) is 56.4 Å². The topological polar surface area (TPSA) is 51.8 Å². The summed E-state index contributed by atoms with van der Waals surface area (Å²) in [7, 11) is 0. The second-order valence-corrected chi connectivity index (χ2v) is 14.8. The molecule has 4 nitrogen and oxygen atoms in total. The quantitative estimate of drug-likeness (QED) is 0.172. The van der Waals surface area contributed by atoms with Gasteiger partial charge in [-0.3, -0.25) is 0 Å². The van der Waals surface area contributed by atoms with Crippen LogP contribution in [0, 0.1) is 0 Å². The fraction of sp³-hybridized carbons (Fsp3) is 0.0600. The summed E-state index contributed by atoms with van der Waals surface area (Å²) in [5.41, 5.74) is 12.0. The van der Waals surface area contributed by atoms with Crippen molar-refractivity contribution in [2.24, 2.45) is 0 Å². The molecular formula is C50H33N3O. The average molecular weight is 692 g/mol. The Hall–Kier alpha value is -6.91. The van der Waals surface area contributed by atoms with Crippen LogP contribution in [0.15, 0.2) is 168 Å². The molecule has 1 aliphatic carbocycles. The van der Waals surface area contributed by atoms with Gasteiger partial charge in [-0.05, 0) is 61.7 Å². The minimum absolute atomic E-state index is 0.0603. The standard InChI is InChI=1S/C50H33N3O/c1-50(2)41-21-7-5-16-38(41)45-35(17-11-22-42(45)50)31-25-28-33(29-26-31)47-51-48(39-19-9-13-32-27-24-30-12-3-4-14-34(30)44(32)39)53-49(52-47)40-20-10-18-37-36-15-6-8-23-43(36)54-46(37)40/h3-29H,1-2H3. The first-order chi connectivity index (χ1) is 26.5. The Kier molecular flexibility index (Phi) is 6.56. The maximum atomic E-state index is 6.50. The van der Waals surface area contributed by atoms with E-state index in [0.29, 0.717) is 17.5 Å². The summed E-state index contributed by atoms with van der Waals surface area (Å²) >= 11 is 0. The van der Waals surface area contributed by atoms with Gasteiger partial charge in [0.1, 0.15) is 11.2 Å². The molecule has 1 aliphatic rings. The first kappa shape index (κ1) is 30.7. The minimum Gasteiger partial charge on any atom is -0.455 e.